The van der Waals surface area contributed by atoms with E-state index in [1.165, 1.54) is 0 Å². The van der Waals surface area contributed by atoms with Crippen LogP contribution in [0, 0.1) is 0 Å². The van der Waals surface area contributed by atoms with Gasteiger partial charge >= 0.3 is 0 Å². The number of nitrogens with zero attached hydrogens (tertiary/aromatic N) is 3. The fraction of sp³-hybridized carbons (Fsp3) is 1.00. The van der Waals surface area contributed by atoms with Crippen molar-refractivity contribution >= 4 is 22.7 Å². The van der Waals surface area contributed by atoms with Crippen LogP contribution in [-0.4, -0.2) is 34.8 Å². The number of hydrazine groups is 1. The number of rotatable bonds is 2. The molecular formula is C7H14N4O3S2. The molecule has 0 bridgehead atoms. The molecule has 3 unspecified atom stereocenters. The Kier molecular flexibility index (Phi) is 3.38. The first-order valence-electron chi connectivity index (χ1n) is 5.06. The van der Waals surface area contributed by atoms with Crippen molar-refractivity contribution in [2.45, 2.75) is 42.5 Å². The largest absolute Gasteiger partial charge is 0.285 e. The summed E-state index contributed by atoms with van der Waals surface area (Å²) < 4.78 is 31.2. The highest BCUT2D eigenvalue weighted by molar-refractivity contribution is 7.86. The van der Waals surface area contributed by atoms with Crippen molar-refractivity contribution in [1.82, 2.24) is 10.5 Å². The van der Waals surface area contributed by atoms with Crippen LogP contribution < -0.4 is 5.53 Å². The first-order chi connectivity index (χ1) is 7.48. The third-order valence-corrected chi connectivity index (χ3v) is 4.61. The average Bonchev–Trinajstić information content (AvgIpc) is 2.63. The highest BCUT2D eigenvalue weighted by Crippen LogP contribution is 2.29. The Bertz CT molecular complexity index is 385. The van der Waals surface area contributed by atoms with Gasteiger partial charge in [-0.05, 0) is 19.3 Å². The van der Waals surface area contributed by atoms with Gasteiger partial charge in [-0.2, -0.15) is 13.4 Å². The zero-order valence-electron chi connectivity index (χ0n) is 8.52. The summed E-state index contributed by atoms with van der Waals surface area (Å²) in [5.74, 6) is 0. The van der Waals surface area contributed by atoms with E-state index in [2.05, 4.69) is 28.5 Å². The molecule has 7 nitrogen and oxygen atoms in total. The van der Waals surface area contributed by atoms with Crippen molar-refractivity contribution in [3.63, 3.8) is 0 Å². The Morgan fingerprint density at radius 2 is 2.19 bits per heavy atom. The van der Waals surface area contributed by atoms with Gasteiger partial charge in [0.1, 0.15) is 0 Å². The van der Waals surface area contributed by atoms with Gasteiger partial charge < -0.3 is 0 Å². The van der Waals surface area contributed by atoms with E-state index in [1.54, 1.807) is 5.01 Å². The van der Waals surface area contributed by atoms with Crippen LogP contribution in [0.1, 0.15) is 25.7 Å². The van der Waals surface area contributed by atoms with Crippen molar-refractivity contribution in [3.8, 4) is 0 Å². The summed E-state index contributed by atoms with van der Waals surface area (Å²) in [6, 6.07) is -0.0156. The molecule has 1 saturated carbocycles. The van der Waals surface area contributed by atoms with Gasteiger partial charge in [-0.1, -0.05) is 11.6 Å². The fourth-order valence-electron chi connectivity index (χ4n) is 2.15. The Morgan fingerprint density at radius 1 is 1.44 bits per heavy atom. The highest BCUT2D eigenvalue weighted by Gasteiger charge is 2.36. The molecule has 1 aliphatic carbocycles. The lowest BCUT2D eigenvalue weighted by molar-refractivity contribution is 0.115. The molecule has 0 radical (unpaired) electrons. The van der Waals surface area contributed by atoms with E-state index in [9.17, 15) is 8.42 Å². The molecule has 1 aliphatic heterocycles. The van der Waals surface area contributed by atoms with Gasteiger partial charge in [0.05, 0.1) is 5.25 Å². The Balaban J connectivity index is 2.02. The summed E-state index contributed by atoms with van der Waals surface area (Å²) >= 11 is 4.19. The van der Waals surface area contributed by atoms with Crippen molar-refractivity contribution in [2.24, 2.45) is 10.3 Å². The third-order valence-electron chi connectivity index (χ3n) is 2.98. The van der Waals surface area contributed by atoms with Crippen molar-refractivity contribution < 1.29 is 13.0 Å². The lowest BCUT2D eigenvalue weighted by atomic mass is 9.95. The molecule has 16 heavy (non-hydrogen) atoms. The van der Waals surface area contributed by atoms with Gasteiger partial charge in [0.2, 0.25) is 0 Å². The van der Waals surface area contributed by atoms with Gasteiger partial charge in [0, 0.05) is 6.04 Å². The van der Waals surface area contributed by atoms with Gasteiger partial charge in [-0.15, -0.1) is 17.7 Å². The first kappa shape index (κ1) is 12.1. The first-order valence-corrected chi connectivity index (χ1v) is 7.08. The average molecular weight is 266 g/mol. The van der Waals surface area contributed by atoms with Crippen molar-refractivity contribution in [3.05, 3.63) is 0 Å². The zero-order chi connectivity index (χ0) is 11.8. The molecule has 0 aromatic heterocycles. The molecule has 0 saturated heterocycles. The van der Waals surface area contributed by atoms with Gasteiger partial charge in [-0.3, -0.25) is 4.55 Å². The van der Waals surface area contributed by atoms with Crippen LogP contribution in [0.4, 0.5) is 0 Å². The number of thiol groups is 1. The number of nitrogens with one attached hydrogen (secondary N) is 1. The van der Waals surface area contributed by atoms with Crippen LogP contribution in [0.3, 0.4) is 0 Å². The zero-order valence-corrected chi connectivity index (χ0v) is 10.2. The van der Waals surface area contributed by atoms with Crippen LogP contribution in [-0.2, 0) is 10.1 Å². The second kappa shape index (κ2) is 4.47. The second-order valence-corrected chi connectivity index (χ2v) is 6.19. The van der Waals surface area contributed by atoms with Crippen molar-refractivity contribution in [1.29, 1.82) is 0 Å². The molecule has 3 atom stereocenters. The van der Waals surface area contributed by atoms with Gasteiger partial charge in [-0.25, -0.2) is 5.53 Å². The summed E-state index contributed by atoms with van der Waals surface area (Å²) in [7, 11) is -3.95. The third kappa shape index (κ3) is 2.47. The molecule has 2 rings (SSSR count). The standard InChI is InChI=1S/C7H14N4O3S2/c12-16(13,14)6-3-1-2-5(4-6)11-7(15)8-9-10-11/h5-7,15H,1-4H2,(H,8,10)(H,12,13,14). The normalized spacial score (nSPS) is 36.2. The maximum atomic E-state index is 11.1. The molecule has 0 amide bonds. The minimum Gasteiger partial charge on any atom is -0.285 e. The second-order valence-electron chi connectivity index (χ2n) is 4.03. The van der Waals surface area contributed by atoms with E-state index < -0.39 is 15.4 Å². The van der Waals surface area contributed by atoms with E-state index in [-0.39, 0.29) is 11.5 Å². The minimum atomic E-state index is -3.95. The molecule has 0 spiro atoms. The molecule has 0 aromatic rings. The molecule has 0 aromatic carbocycles. The Hall–Kier alpha value is -0.380. The Morgan fingerprint density at radius 3 is 2.75 bits per heavy atom. The quantitative estimate of drug-likeness (QED) is 0.502. The van der Waals surface area contributed by atoms with Crippen LogP contribution in [0.25, 0.3) is 0 Å². The summed E-state index contributed by atoms with van der Waals surface area (Å²) in [5, 5.41) is 8.42. The number of hydrogen-bond donors (Lipinski definition) is 3. The molecule has 2 N–H and O–H groups in total. The van der Waals surface area contributed by atoms with Crippen LogP contribution in [0.15, 0.2) is 10.3 Å². The minimum absolute atomic E-state index is 0.0156. The van der Waals surface area contributed by atoms with Crippen LogP contribution in [0.5, 0.6) is 0 Å². The maximum absolute atomic E-state index is 11.1. The molecule has 1 heterocycles. The van der Waals surface area contributed by atoms with E-state index >= 15 is 0 Å². The van der Waals surface area contributed by atoms with E-state index in [0.717, 1.165) is 12.8 Å². The van der Waals surface area contributed by atoms with E-state index in [0.29, 0.717) is 12.8 Å². The summed E-state index contributed by atoms with van der Waals surface area (Å²) in [6.07, 6.45) is 2.50. The molecule has 9 heteroatoms. The monoisotopic (exact) mass is 266 g/mol. The Labute approximate surface area is 99.4 Å². The van der Waals surface area contributed by atoms with Gasteiger partial charge in [0.15, 0.2) is 5.50 Å². The lowest BCUT2D eigenvalue weighted by Gasteiger charge is -2.33. The molecule has 92 valence electrons. The van der Waals surface area contributed by atoms with E-state index in [1.807, 2.05) is 0 Å². The predicted octanol–water partition coefficient (Wildman–Crippen LogP) is 0.586. The SMILES string of the molecule is O=S(=O)(O)C1CCCC(N2NN=NC2S)C1. The van der Waals surface area contributed by atoms with Crippen LogP contribution >= 0.6 is 12.6 Å². The lowest BCUT2D eigenvalue weighted by Crippen LogP contribution is -2.47. The topological polar surface area (TPSA) is 94.4 Å². The predicted molar refractivity (Wildman–Crippen MR) is 60.2 cm³/mol. The maximum Gasteiger partial charge on any atom is 0.267 e. The molecular weight excluding hydrogens is 252 g/mol. The summed E-state index contributed by atoms with van der Waals surface area (Å²) in [4.78, 5) is 0. The van der Waals surface area contributed by atoms with Crippen molar-refractivity contribution in [2.75, 3.05) is 0 Å². The molecule has 2 aliphatic rings. The number of hydrogen-bond acceptors (Lipinski definition) is 7. The summed E-state index contributed by atoms with van der Waals surface area (Å²) in [5.41, 5.74) is 2.30. The summed E-state index contributed by atoms with van der Waals surface area (Å²) in [6.45, 7) is 0. The highest BCUT2D eigenvalue weighted by atomic mass is 32.2. The van der Waals surface area contributed by atoms with Gasteiger partial charge in [0.25, 0.3) is 10.1 Å². The van der Waals surface area contributed by atoms with Crippen LogP contribution in [0.2, 0.25) is 0 Å². The smallest absolute Gasteiger partial charge is 0.267 e. The van der Waals surface area contributed by atoms with E-state index in [4.69, 9.17) is 4.55 Å². The molecule has 1 fully saturated rings. The fourth-order valence-corrected chi connectivity index (χ4v) is 3.37.